The number of nitriles is 1. The zero-order chi connectivity index (χ0) is 18.6. The summed E-state index contributed by atoms with van der Waals surface area (Å²) in [6, 6.07) is 3.75. The van der Waals surface area contributed by atoms with Gasteiger partial charge in [0, 0.05) is 11.8 Å². The van der Waals surface area contributed by atoms with Crippen molar-refractivity contribution in [1.29, 1.82) is 5.26 Å². The van der Waals surface area contributed by atoms with Gasteiger partial charge in [0.05, 0.1) is 15.6 Å². The van der Waals surface area contributed by atoms with Crippen LogP contribution in [-0.4, -0.2) is 9.78 Å². The zero-order valence-corrected chi connectivity index (χ0v) is 15.0. The summed E-state index contributed by atoms with van der Waals surface area (Å²) in [5, 5.41) is 13.4. The van der Waals surface area contributed by atoms with Gasteiger partial charge >= 0.3 is 6.18 Å². The van der Waals surface area contributed by atoms with E-state index in [-0.39, 0.29) is 21.4 Å². The minimum atomic E-state index is -4.54. The van der Waals surface area contributed by atoms with Crippen molar-refractivity contribution < 1.29 is 13.2 Å². The fraction of sp³-hybridized carbons (Fsp3) is 0.444. The van der Waals surface area contributed by atoms with E-state index >= 15 is 0 Å². The molecule has 8 heteroatoms. The Labute approximate surface area is 158 Å². The number of fused-ring (bicyclic) bond motifs is 1. The van der Waals surface area contributed by atoms with E-state index in [1.165, 1.54) is 17.5 Å². The van der Waals surface area contributed by atoms with Crippen LogP contribution in [0.5, 0.6) is 0 Å². The van der Waals surface area contributed by atoms with E-state index in [0.29, 0.717) is 17.8 Å². The second kappa shape index (κ2) is 6.17. The first-order chi connectivity index (χ1) is 12.3. The first-order valence-corrected chi connectivity index (χ1v) is 9.13. The maximum atomic E-state index is 12.9. The molecule has 0 N–H and O–H groups in total. The molecule has 0 aliphatic heterocycles. The van der Waals surface area contributed by atoms with Gasteiger partial charge in [-0.2, -0.15) is 23.5 Å². The Morgan fingerprint density at radius 2 is 1.69 bits per heavy atom. The topological polar surface area (TPSA) is 41.6 Å². The Morgan fingerprint density at radius 1 is 1.12 bits per heavy atom. The van der Waals surface area contributed by atoms with Gasteiger partial charge in [0.2, 0.25) is 0 Å². The molecule has 0 radical (unpaired) electrons. The number of hydrogen-bond donors (Lipinski definition) is 0. The van der Waals surface area contributed by atoms with Crippen molar-refractivity contribution in [3.05, 3.63) is 45.2 Å². The number of rotatable bonds is 2. The number of benzene rings is 1. The molecular formula is C18H14Cl2F3N3. The molecule has 0 spiro atoms. The summed E-state index contributed by atoms with van der Waals surface area (Å²) in [5.74, 6) is 1.45. The van der Waals surface area contributed by atoms with Crippen LogP contribution in [0.4, 0.5) is 13.2 Å². The lowest BCUT2D eigenvalue weighted by Gasteiger charge is -2.12. The van der Waals surface area contributed by atoms with Crippen LogP contribution in [0.25, 0.3) is 5.69 Å². The average molecular weight is 400 g/mol. The Hall–Kier alpha value is -1.71. The van der Waals surface area contributed by atoms with Gasteiger partial charge in [0.25, 0.3) is 0 Å². The van der Waals surface area contributed by atoms with Gasteiger partial charge < -0.3 is 0 Å². The standard InChI is InChI=1S/C18H14Cl2F3N3/c19-13-5-9(18(21,22)23)6-14(20)17(13)26-8-12(15(7-24)25-26)16-10-3-1-2-4-11(10)16/h5-6,8,10-11,16H,1-4H2. The second-order valence-electron chi connectivity index (χ2n) is 6.91. The summed E-state index contributed by atoms with van der Waals surface area (Å²) < 4.78 is 40.1. The molecule has 2 saturated carbocycles. The van der Waals surface area contributed by atoms with Gasteiger partial charge in [-0.25, -0.2) is 4.68 Å². The maximum Gasteiger partial charge on any atom is 0.416 e. The van der Waals surface area contributed by atoms with Crippen LogP contribution in [0.15, 0.2) is 18.3 Å². The molecular weight excluding hydrogens is 386 g/mol. The van der Waals surface area contributed by atoms with Crippen molar-refractivity contribution in [3.63, 3.8) is 0 Å². The predicted octanol–water partition coefficient (Wildman–Crippen LogP) is 5.97. The molecule has 2 aromatic rings. The molecule has 3 nitrogen and oxygen atoms in total. The molecule has 0 saturated heterocycles. The van der Waals surface area contributed by atoms with Crippen molar-refractivity contribution >= 4 is 23.2 Å². The number of alkyl halides is 3. The van der Waals surface area contributed by atoms with Crippen LogP contribution in [0.1, 0.15) is 48.4 Å². The van der Waals surface area contributed by atoms with E-state index in [1.807, 2.05) is 0 Å². The van der Waals surface area contributed by atoms with Crippen molar-refractivity contribution in [1.82, 2.24) is 9.78 Å². The highest BCUT2D eigenvalue weighted by molar-refractivity contribution is 6.37. The number of halogens is 5. The lowest BCUT2D eigenvalue weighted by molar-refractivity contribution is -0.137. The molecule has 1 aromatic heterocycles. The van der Waals surface area contributed by atoms with E-state index in [1.54, 1.807) is 6.20 Å². The summed E-state index contributed by atoms with van der Waals surface area (Å²) in [6.45, 7) is 0. The molecule has 2 aliphatic carbocycles. The van der Waals surface area contributed by atoms with Crippen LogP contribution < -0.4 is 0 Å². The van der Waals surface area contributed by atoms with Crippen LogP contribution >= 0.6 is 23.2 Å². The van der Waals surface area contributed by atoms with E-state index in [0.717, 1.165) is 30.5 Å². The third kappa shape index (κ3) is 2.87. The van der Waals surface area contributed by atoms with Gasteiger partial charge in [-0.1, -0.05) is 36.0 Å². The van der Waals surface area contributed by atoms with Gasteiger partial charge in [0.15, 0.2) is 5.69 Å². The first-order valence-electron chi connectivity index (χ1n) is 8.37. The lowest BCUT2D eigenvalue weighted by atomic mass is 10.0. The fourth-order valence-electron chi connectivity index (χ4n) is 4.23. The Balaban J connectivity index is 1.75. The van der Waals surface area contributed by atoms with Crippen molar-refractivity contribution in [2.45, 2.75) is 37.8 Å². The molecule has 2 unspecified atom stereocenters. The Kier molecular flexibility index (Phi) is 4.20. The number of aromatic nitrogens is 2. The zero-order valence-electron chi connectivity index (χ0n) is 13.5. The fourth-order valence-corrected chi connectivity index (χ4v) is 4.89. The summed E-state index contributed by atoms with van der Waals surface area (Å²) in [5.41, 5.74) is 0.373. The van der Waals surface area contributed by atoms with E-state index < -0.39 is 11.7 Å². The van der Waals surface area contributed by atoms with E-state index in [4.69, 9.17) is 23.2 Å². The average Bonchev–Trinajstić information content (AvgIpc) is 3.16. The van der Waals surface area contributed by atoms with Crippen LogP contribution in [0.2, 0.25) is 10.0 Å². The molecule has 0 bridgehead atoms. The van der Waals surface area contributed by atoms with Crippen LogP contribution in [0.3, 0.4) is 0 Å². The summed E-state index contributed by atoms with van der Waals surface area (Å²) >= 11 is 12.1. The predicted molar refractivity (Wildman–Crippen MR) is 91.5 cm³/mol. The highest BCUT2D eigenvalue weighted by Gasteiger charge is 2.52. The number of hydrogen-bond acceptors (Lipinski definition) is 2. The van der Waals surface area contributed by atoms with Gasteiger partial charge in [0.1, 0.15) is 11.8 Å². The maximum absolute atomic E-state index is 12.9. The SMILES string of the molecule is N#Cc1nn(-c2c(Cl)cc(C(F)(F)F)cc2Cl)cc1C1C2CCCCC21. The quantitative estimate of drug-likeness (QED) is 0.623. The third-order valence-corrected chi connectivity index (χ3v) is 6.01. The Bertz CT molecular complexity index is 878. The molecule has 0 amide bonds. The minimum absolute atomic E-state index is 0.156. The lowest BCUT2D eigenvalue weighted by Crippen LogP contribution is -2.07. The van der Waals surface area contributed by atoms with Crippen molar-refractivity contribution in [2.75, 3.05) is 0 Å². The molecule has 2 atom stereocenters. The van der Waals surface area contributed by atoms with Gasteiger partial charge in [-0.05, 0) is 42.7 Å². The summed E-state index contributed by atoms with van der Waals surface area (Å²) in [4.78, 5) is 0. The highest BCUT2D eigenvalue weighted by Crippen LogP contribution is 2.61. The first kappa shape index (κ1) is 17.7. The van der Waals surface area contributed by atoms with Gasteiger partial charge in [-0.3, -0.25) is 0 Å². The molecule has 1 aromatic carbocycles. The molecule has 26 heavy (non-hydrogen) atoms. The molecule has 2 aliphatic rings. The monoisotopic (exact) mass is 399 g/mol. The largest absolute Gasteiger partial charge is 0.416 e. The summed E-state index contributed by atoms with van der Waals surface area (Å²) in [6.07, 6.45) is 1.85. The smallest absolute Gasteiger partial charge is 0.236 e. The minimum Gasteiger partial charge on any atom is -0.236 e. The highest BCUT2D eigenvalue weighted by atomic mass is 35.5. The van der Waals surface area contributed by atoms with Gasteiger partial charge in [-0.15, -0.1) is 0 Å². The molecule has 1 heterocycles. The summed E-state index contributed by atoms with van der Waals surface area (Å²) in [7, 11) is 0. The van der Waals surface area contributed by atoms with E-state index in [2.05, 4.69) is 11.2 Å². The van der Waals surface area contributed by atoms with Crippen molar-refractivity contribution in [3.8, 4) is 11.8 Å². The normalized spacial score (nSPS) is 24.8. The molecule has 2 fully saturated rings. The molecule has 136 valence electrons. The third-order valence-electron chi connectivity index (χ3n) is 5.44. The van der Waals surface area contributed by atoms with Crippen LogP contribution in [0, 0.1) is 23.2 Å². The number of nitrogens with zero attached hydrogens (tertiary/aromatic N) is 3. The second-order valence-corrected chi connectivity index (χ2v) is 7.73. The Morgan fingerprint density at radius 3 is 2.19 bits per heavy atom. The van der Waals surface area contributed by atoms with Crippen molar-refractivity contribution in [2.24, 2.45) is 11.8 Å². The molecule has 4 rings (SSSR count). The van der Waals surface area contributed by atoms with Crippen LogP contribution in [-0.2, 0) is 6.18 Å². The van der Waals surface area contributed by atoms with E-state index in [9.17, 15) is 18.4 Å².